The standard InChI is InChI=1S/C20H31N/c1-3-15-11-13-17(14-12-15)20(21-2)19-10-6-8-16-7-4-5-9-18(16)19/h4-5,7,9,15,17,19-21H,3,6,8,10-14H2,1-2H3. The van der Waals surface area contributed by atoms with Crippen molar-refractivity contribution in [2.75, 3.05) is 7.05 Å². The molecule has 1 nitrogen and oxygen atoms in total. The topological polar surface area (TPSA) is 12.0 Å². The van der Waals surface area contributed by atoms with Gasteiger partial charge in [0.2, 0.25) is 0 Å². The van der Waals surface area contributed by atoms with E-state index in [4.69, 9.17) is 0 Å². The van der Waals surface area contributed by atoms with Crippen LogP contribution in [-0.2, 0) is 6.42 Å². The molecule has 1 heteroatoms. The second kappa shape index (κ2) is 6.96. The highest BCUT2D eigenvalue weighted by Crippen LogP contribution is 2.41. The number of aryl methyl sites for hydroxylation is 1. The van der Waals surface area contributed by atoms with Crippen molar-refractivity contribution in [3.05, 3.63) is 35.4 Å². The number of likely N-dealkylation sites (N-methyl/N-ethyl adjacent to an activating group) is 1. The Bertz CT molecular complexity index is 445. The Kier molecular flexibility index (Phi) is 5.00. The molecule has 0 amide bonds. The molecular weight excluding hydrogens is 254 g/mol. The van der Waals surface area contributed by atoms with Crippen LogP contribution >= 0.6 is 0 Å². The number of hydrogen-bond acceptors (Lipinski definition) is 1. The average molecular weight is 285 g/mol. The van der Waals surface area contributed by atoms with E-state index in [9.17, 15) is 0 Å². The van der Waals surface area contributed by atoms with Crippen LogP contribution in [-0.4, -0.2) is 13.1 Å². The summed E-state index contributed by atoms with van der Waals surface area (Å²) in [7, 11) is 2.19. The van der Waals surface area contributed by atoms with E-state index in [1.165, 1.54) is 51.4 Å². The molecule has 2 atom stereocenters. The Morgan fingerprint density at radius 2 is 1.86 bits per heavy atom. The third-order valence-electron chi connectivity index (χ3n) is 6.16. The molecule has 1 fully saturated rings. The molecule has 1 N–H and O–H groups in total. The summed E-state index contributed by atoms with van der Waals surface area (Å²) in [6.45, 7) is 2.36. The molecule has 1 aromatic carbocycles. The van der Waals surface area contributed by atoms with E-state index in [2.05, 4.69) is 43.6 Å². The molecule has 0 heterocycles. The SMILES string of the molecule is CCC1CCC(C(NC)C2CCCc3ccccc32)CC1. The lowest BCUT2D eigenvalue weighted by atomic mass is 9.69. The van der Waals surface area contributed by atoms with Gasteiger partial charge in [0.15, 0.2) is 0 Å². The normalized spacial score (nSPS) is 30.7. The van der Waals surface area contributed by atoms with Crippen molar-refractivity contribution in [1.82, 2.24) is 5.32 Å². The summed E-state index contributed by atoms with van der Waals surface area (Å²) in [6, 6.07) is 9.87. The summed E-state index contributed by atoms with van der Waals surface area (Å²) in [5.41, 5.74) is 3.25. The van der Waals surface area contributed by atoms with Crippen LogP contribution in [0.4, 0.5) is 0 Å². The quantitative estimate of drug-likeness (QED) is 0.828. The second-order valence-electron chi connectivity index (χ2n) is 7.20. The van der Waals surface area contributed by atoms with Crippen LogP contribution in [0.5, 0.6) is 0 Å². The number of rotatable bonds is 4. The summed E-state index contributed by atoms with van der Waals surface area (Å²) >= 11 is 0. The molecule has 0 saturated heterocycles. The lowest BCUT2D eigenvalue weighted by Gasteiger charge is -2.40. The van der Waals surface area contributed by atoms with Crippen LogP contribution in [0.3, 0.4) is 0 Å². The molecule has 1 aromatic rings. The molecule has 21 heavy (non-hydrogen) atoms. The third kappa shape index (κ3) is 3.18. The van der Waals surface area contributed by atoms with Crippen LogP contribution in [0, 0.1) is 11.8 Å². The highest BCUT2D eigenvalue weighted by molar-refractivity contribution is 5.34. The Morgan fingerprint density at radius 3 is 2.57 bits per heavy atom. The van der Waals surface area contributed by atoms with Gasteiger partial charge in [0.1, 0.15) is 0 Å². The van der Waals surface area contributed by atoms with Crippen molar-refractivity contribution in [1.29, 1.82) is 0 Å². The van der Waals surface area contributed by atoms with Gasteiger partial charge in [-0.25, -0.2) is 0 Å². The number of nitrogens with one attached hydrogen (secondary N) is 1. The first kappa shape index (κ1) is 15.1. The minimum Gasteiger partial charge on any atom is -0.316 e. The minimum atomic E-state index is 0.684. The molecule has 2 aliphatic carbocycles. The van der Waals surface area contributed by atoms with Crippen molar-refractivity contribution in [2.45, 2.75) is 70.3 Å². The maximum Gasteiger partial charge on any atom is 0.0161 e. The number of hydrogen-bond donors (Lipinski definition) is 1. The summed E-state index contributed by atoms with van der Waals surface area (Å²) in [5.74, 6) is 2.62. The molecule has 2 unspecified atom stereocenters. The zero-order valence-corrected chi connectivity index (χ0v) is 13.8. The molecular formula is C20H31N. The Balaban J connectivity index is 1.75. The highest BCUT2D eigenvalue weighted by Gasteiger charge is 2.34. The van der Waals surface area contributed by atoms with E-state index in [1.807, 2.05) is 0 Å². The predicted octanol–water partition coefficient (Wildman–Crippen LogP) is 4.91. The van der Waals surface area contributed by atoms with Crippen molar-refractivity contribution < 1.29 is 0 Å². The zero-order chi connectivity index (χ0) is 14.7. The Labute approximate surface area is 130 Å². The summed E-state index contributed by atoms with van der Waals surface area (Å²) in [5, 5.41) is 3.72. The first-order chi connectivity index (χ1) is 10.3. The predicted molar refractivity (Wildman–Crippen MR) is 90.7 cm³/mol. The van der Waals surface area contributed by atoms with Crippen molar-refractivity contribution in [2.24, 2.45) is 11.8 Å². The fraction of sp³-hybridized carbons (Fsp3) is 0.700. The third-order valence-corrected chi connectivity index (χ3v) is 6.16. The molecule has 0 aliphatic heterocycles. The van der Waals surface area contributed by atoms with Crippen LogP contribution in [0.15, 0.2) is 24.3 Å². The molecule has 0 radical (unpaired) electrons. The maximum absolute atomic E-state index is 3.72. The average Bonchev–Trinajstić information content (AvgIpc) is 2.56. The molecule has 3 rings (SSSR count). The molecule has 0 bridgehead atoms. The van der Waals surface area contributed by atoms with Gasteiger partial charge in [-0.2, -0.15) is 0 Å². The van der Waals surface area contributed by atoms with Gasteiger partial charge in [0.05, 0.1) is 0 Å². The molecule has 0 aromatic heterocycles. The van der Waals surface area contributed by atoms with Crippen molar-refractivity contribution >= 4 is 0 Å². The summed E-state index contributed by atoms with van der Waals surface area (Å²) < 4.78 is 0. The lowest BCUT2D eigenvalue weighted by Crippen LogP contribution is -2.41. The fourth-order valence-electron chi connectivity index (χ4n) is 4.89. The van der Waals surface area contributed by atoms with Gasteiger partial charge in [0, 0.05) is 6.04 Å². The molecule has 2 aliphatic rings. The minimum absolute atomic E-state index is 0.684. The lowest BCUT2D eigenvalue weighted by molar-refractivity contribution is 0.198. The zero-order valence-electron chi connectivity index (χ0n) is 13.8. The number of fused-ring (bicyclic) bond motifs is 1. The van der Waals surface area contributed by atoms with Gasteiger partial charge in [-0.15, -0.1) is 0 Å². The molecule has 116 valence electrons. The van der Waals surface area contributed by atoms with Crippen molar-refractivity contribution in [3.8, 4) is 0 Å². The highest BCUT2D eigenvalue weighted by atomic mass is 14.9. The first-order valence-corrected chi connectivity index (χ1v) is 9.08. The van der Waals surface area contributed by atoms with Crippen LogP contribution in [0.2, 0.25) is 0 Å². The molecule has 0 spiro atoms. The van der Waals surface area contributed by atoms with E-state index in [-0.39, 0.29) is 0 Å². The largest absolute Gasteiger partial charge is 0.316 e. The summed E-state index contributed by atoms with van der Waals surface area (Å²) in [4.78, 5) is 0. The van der Waals surface area contributed by atoms with Gasteiger partial charge in [-0.1, -0.05) is 50.5 Å². The van der Waals surface area contributed by atoms with Crippen LogP contribution in [0.25, 0.3) is 0 Å². The van der Waals surface area contributed by atoms with Gasteiger partial charge in [-0.05, 0) is 68.0 Å². The summed E-state index contributed by atoms with van der Waals surface area (Å²) in [6.07, 6.45) is 11.2. The number of benzene rings is 1. The van der Waals surface area contributed by atoms with E-state index < -0.39 is 0 Å². The van der Waals surface area contributed by atoms with Gasteiger partial charge in [0.25, 0.3) is 0 Å². The maximum atomic E-state index is 3.72. The van der Waals surface area contributed by atoms with E-state index in [0.717, 1.165) is 17.8 Å². The molecule has 1 saturated carbocycles. The van der Waals surface area contributed by atoms with Gasteiger partial charge >= 0.3 is 0 Å². The second-order valence-corrected chi connectivity index (χ2v) is 7.20. The van der Waals surface area contributed by atoms with Crippen LogP contribution < -0.4 is 5.32 Å². The fourth-order valence-corrected chi connectivity index (χ4v) is 4.89. The monoisotopic (exact) mass is 285 g/mol. The van der Waals surface area contributed by atoms with Crippen LogP contribution in [0.1, 0.15) is 68.9 Å². The smallest absolute Gasteiger partial charge is 0.0161 e. The van der Waals surface area contributed by atoms with E-state index in [0.29, 0.717) is 6.04 Å². The van der Waals surface area contributed by atoms with Crippen molar-refractivity contribution in [3.63, 3.8) is 0 Å². The Morgan fingerprint density at radius 1 is 1.10 bits per heavy atom. The van der Waals surface area contributed by atoms with E-state index >= 15 is 0 Å². The van der Waals surface area contributed by atoms with Gasteiger partial charge < -0.3 is 5.32 Å². The Hall–Kier alpha value is -0.820. The van der Waals surface area contributed by atoms with Gasteiger partial charge in [-0.3, -0.25) is 0 Å². The first-order valence-electron chi connectivity index (χ1n) is 9.08. The van der Waals surface area contributed by atoms with E-state index in [1.54, 1.807) is 11.1 Å².